The number of nitrogens with zero attached hydrogens (tertiary/aromatic N) is 1. The predicted molar refractivity (Wildman–Crippen MR) is 69.6 cm³/mol. The van der Waals surface area contributed by atoms with Crippen molar-refractivity contribution < 1.29 is 9.18 Å². The summed E-state index contributed by atoms with van der Waals surface area (Å²) >= 11 is 5.84. The van der Waals surface area contributed by atoms with E-state index >= 15 is 0 Å². The Morgan fingerprint density at radius 1 is 1.33 bits per heavy atom. The Labute approximate surface area is 110 Å². The number of nitrogens with one attached hydrogen (secondary N) is 1. The van der Waals surface area contributed by atoms with Crippen molar-refractivity contribution in [1.29, 1.82) is 0 Å². The van der Waals surface area contributed by atoms with Crippen molar-refractivity contribution in [2.24, 2.45) is 0 Å². The van der Waals surface area contributed by atoms with Gasteiger partial charge in [-0.15, -0.1) is 0 Å². The molecule has 1 amide bonds. The van der Waals surface area contributed by atoms with Crippen molar-refractivity contribution in [3.8, 4) is 0 Å². The van der Waals surface area contributed by atoms with Crippen LogP contribution >= 0.6 is 11.6 Å². The van der Waals surface area contributed by atoms with Gasteiger partial charge in [0.1, 0.15) is 5.82 Å². The van der Waals surface area contributed by atoms with Crippen molar-refractivity contribution in [3.05, 3.63) is 23.0 Å². The lowest BCUT2D eigenvalue weighted by Crippen LogP contribution is -2.43. The monoisotopic (exact) mass is 268 g/mol. The average Bonchev–Trinajstić information content (AvgIpc) is 2.84. The van der Waals surface area contributed by atoms with Gasteiger partial charge in [0.15, 0.2) is 0 Å². The SMILES string of the molecule is O=C1CN(C2CCCC2)c2cc(Cl)c(F)cc2N1. The highest BCUT2D eigenvalue weighted by molar-refractivity contribution is 6.31. The third-order valence-electron chi connectivity index (χ3n) is 3.70. The first-order valence-corrected chi connectivity index (χ1v) is 6.58. The molecule has 1 aliphatic heterocycles. The number of carbonyl (C=O) groups is 1. The second-order valence-electron chi connectivity index (χ2n) is 4.90. The van der Waals surface area contributed by atoms with E-state index in [1.807, 2.05) is 0 Å². The van der Waals surface area contributed by atoms with Crippen molar-refractivity contribution in [3.63, 3.8) is 0 Å². The number of carbonyl (C=O) groups excluding carboxylic acids is 1. The van der Waals surface area contributed by atoms with Crippen LogP contribution in [0.15, 0.2) is 12.1 Å². The van der Waals surface area contributed by atoms with Crippen molar-refractivity contribution in [2.45, 2.75) is 31.7 Å². The number of halogens is 2. The van der Waals surface area contributed by atoms with E-state index in [2.05, 4.69) is 10.2 Å². The average molecular weight is 269 g/mol. The number of hydrogen-bond donors (Lipinski definition) is 1. The Kier molecular flexibility index (Phi) is 2.90. The fourth-order valence-electron chi connectivity index (χ4n) is 2.85. The summed E-state index contributed by atoms with van der Waals surface area (Å²) < 4.78 is 13.4. The Morgan fingerprint density at radius 3 is 2.78 bits per heavy atom. The van der Waals surface area contributed by atoms with Crippen LogP contribution in [0.1, 0.15) is 25.7 Å². The molecule has 0 saturated heterocycles. The minimum absolute atomic E-state index is 0.0869. The summed E-state index contributed by atoms with van der Waals surface area (Å²) in [6.07, 6.45) is 4.55. The molecule has 1 heterocycles. The lowest BCUT2D eigenvalue weighted by atomic mass is 10.1. The topological polar surface area (TPSA) is 32.3 Å². The fraction of sp³-hybridized carbons (Fsp3) is 0.462. The Bertz CT molecular complexity index is 500. The van der Waals surface area contributed by atoms with E-state index in [4.69, 9.17) is 11.6 Å². The molecular weight excluding hydrogens is 255 g/mol. The Morgan fingerprint density at radius 2 is 2.06 bits per heavy atom. The lowest BCUT2D eigenvalue weighted by Gasteiger charge is -2.35. The summed E-state index contributed by atoms with van der Waals surface area (Å²) in [7, 11) is 0. The second kappa shape index (κ2) is 4.43. The van der Waals surface area contributed by atoms with E-state index < -0.39 is 5.82 Å². The standard InChI is InChI=1S/C13H14ClFN2O/c14-9-5-12-11(6-10(9)15)16-13(18)7-17(12)8-3-1-2-4-8/h5-6,8H,1-4,7H2,(H,16,18). The van der Waals surface area contributed by atoms with E-state index in [1.165, 1.54) is 18.9 Å². The lowest BCUT2D eigenvalue weighted by molar-refractivity contribution is -0.115. The molecule has 1 fully saturated rings. The quantitative estimate of drug-likeness (QED) is 0.848. The van der Waals surface area contributed by atoms with Gasteiger partial charge in [0.25, 0.3) is 0 Å². The molecule has 1 N–H and O–H groups in total. The largest absolute Gasteiger partial charge is 0.358 e. The van der Waals surface area contributed by atoms with Crippen LogP contribution in [0.25, 0.3) is 0 Å². The number of benzene rings is 1. The minimum atomic E-state index is -0.496. The second-order valence-corrected chi connectivity index (χ2v) is 5.31. The van der Waals surface area contributed by atoms with Crippen molar-refractivity contribution in [2.75, 3.05) is 16.8 Å². The molecule has 1 aromatic rings. The van der Waals surface area contributed by atoms with E-state index in [0.29, 0.717) is 18.3 Å². The van der Waals surface area contributed by atoms with Gasteiger partial charge in [0, 0.05) is 12.1 Å². The number of anilines is 2. The normalized spacial score (nSPS) is 19.9. The fourth-order valence-corrected chi connectivity index (χ4v) is 3.00. The highest BCUT2D eigenvalue weighted by atomic mass is 35.5. The summed E-state index contributed by atoms with van der Waals surface area (Å²) in [6, 6.07) is 3.29. The zero-order valence-electron chi connectivity index (χ0n) is 9.88. The Balaban J connectivity index is 2.02. The van der Waals surface area contributed by atoms with Crippen LogP contribution in [0.5, 0.6) is 0 Å². The molecule has 1 saturated carbocycles. The predicted octanol–water partition coefficient (Wildman–Crippen LogP) is 3.18. The van der Waals surface area contributed by atoms with Gasteiger partial charge in [0.2, 0.25) is 5.91 Å². The Hall–Kier alpha value is -1.29. The minimum Gasteiger partial charge on any atom is -0.358 e. The number of hydrogen-bond acceptors (Lipinski definition) is 2. The molecule has 0 spiro atoms. The molecule has 0 radical (unpaired) electrons. The van der Waals surface area contributed by atoms with Crippen LogP contribution < -0.4 is 10.2 Å². The number of amides is 1. The van der Waals surface area contributed by atoms with Crippen LogP contribution in [0.4, 0.5) is 15.8 Å². The zero-order valence-corrected chi connectivity index (χ0v) is 10.6. The number of fused-ring (bicyclic) bond motifs is 1. The van der Waals surface area contributed by atoms with Crippen molar-refractivity contribution >= 4 is 28.9 Å². The highest BCUT2D eigenvalue weighted by Gasteiger charge is 2.30. The van der Waals surface area contributed by atoms with Gasteiger partial charge in [0.05, 0.1) is 22.9 Å². The summed E-state index contributed by atoms with van der Waals surface area (Å²) in [5.74, 6) is -0.583. The van der Waals surface area contributed by atoms with Crippen molar-refractivity contribution in [1.82, 2.24) is 0 Å². The van der Waals surface area contributed by atoms with Crippen LogP contribution in [-0.2, 0) is 4.79 Å². The van der Waals surface area contributed by atoms with Gasteiger partial charge in [-0.3, -0.25) is 4.79 Å². The molecule has 3 nitrogen and oxygen atoms in total. The van der Waals surface area contributed by atoms with E-state index in [1.54, 1.807) is 6.07 Å². The van der Waals surface area contributed by atoms with Gasteiger partial charge in [-0.1, -0.05) is 24.4 Å². The van der Waals surface area contributed by atoms with E-state index in [0.717, 1.165) is 18.5 Å². The molecule has 96 valence electrons. The highest BCUT2D eigenvalue weighted by Crippen LogP contribution is 2.38. The molecule has 5 heteroatoms. The molecule has 0 bridgehead atoms. The van der Waals surface area contributed by atoms with Crippen LogP contribution in [0, 0.1) is 5.82 Å². The maximum atomic E-state index is 13.4. The van der Waals surface area contributed by atoms with E-state index in [-0.39, 0.29) is 10.9 Å². The first-order chi connectivity index (χ1) is 8.65. The maximum absolute atomic E-state index is 13.4. The van der Waals surface area contributed by atoms with Gasteiger partial charge >= 0.3 is 0 Å². The van der Waals surface area contributed by atoms with Gasteiger partial charge < -0.3 is 10.2 Å². The molecule has 18 heavy (non-hydrogen) atoms. The molecule has 3 rings (SSSR count). The molecular formula is C13H14ClFN2O. The van der Waals surface area contributed by atoms with Crippen LogP contribution in [0.2, 0.25) is 5.02 Å². The third kappa shape index (κ3) is 1.94. The van der Waals surface area contributed by atoms with Gasteiger partial charge in [-0.2, -0.15) is 0 Å². The molecule has 1 aromatic carbocycles. The summed E-state index contributed by atoms with van der Waals surface area (Å²) in [5, 5.41) is 2.81. The smallest absolute Gasteiger partial charge is 0.243 e. The van der Waals surface area contributed by atoms with Crippen LogP contribution in [0.3, 0.4) is 0 Å². The molecule has 0 unspecified atom stereocenters. The van der Waals surface area contributed by atoms with Gasteiger partial charge in [-0.25, -0.2) is 4.39 Å². The zero-order chi connectivity index (χ0) is 12.7. The molecule has 1 aliphatic carbocycles. The summed E-state index contributed by atoms with van der Waals surface area (Å²) in [5.41, 5.74) is 1.37. The van der Waals surface area contributed by atoms with E-state index in [9.17, 15) is 9.18 Å². The van der Waals surface area contributed by atoms with Crippen LogP contribution in [-0.4, -0.2) is 18.5 Å². The maximum Gasteiger partial charge on any atom is 0.243 e. The third-order valence-corrected chi connectivity index (χ3v) is 3.99. The first-order valence-electron chi connectivity index (χ1n) is 6.20. The molecule has 0 atom stereocenters. The molecule has 0 aromatic heterocycles. The summed E-state index contributed by atoms with van der Waals surface area (Å²) in [4.78, 5) is 13.7. The van der Waals surface area contributed by atoms with Gasteiger partial charge in [-0.05, 0) is 18.9 Å². The first kappa shape index (κ1) is 11.8. The molecule has 2 aliphatic rings. The summed E-state index contributed by atoms with van der Waals surface area (Å²) in [6.45, 7) is 0.333. The number of rotatable bonds is 1.